The van der Waals surface area contributed by atoms with E-state index in [0.29, 0.717) is 11.7 Å². The van der Waals surface area contributed by atoms with Gasteiger partial charge in [0.2, 0.25) is 5.91 Å². The summed E-state index contributed by atoms with van der Waals surface area (Å²) in [5, 5.41) is 8.35. The van der Waals surface area contributed by atoms with Gasteiger partial charge in [0.1, 0.15) is 0 Å². The molecular weight excluding hydrogens is 330 g/mol. The predicted molar refractivity (Wildman–Crippen MR) is 93.9 cm³/mol. The number of aromatic nitrogens is 2. The van der Waals surface area contributed by atoms with E-state index in [1.807, 2.05) is 41.8 Å². The smallest absolute Gasteiger partial charge is 0.228 e. The molecule has 2 aromatic rings. The molecule has 0 saturated carbocycles. The predicted octanol–water partition coefficient (Wildman–Crippen LogP) is 3.70. The Morgan fingerprint density at radius 1 is 1.35 bits per heavy atom. The number of rotatable bonds is 4. The lowest BCUT2D eigenvalue weighted by atomic mass is 10.1. The van der Waals surface area contributed by atoms with Crippen LogP contribution in [0.2, 0.25) is 5.02 Å². The van der Waals surface area contributed by atoms with Crippen LogP contribution in [0.3, 0.4) is 0 Å². The van der Waals surface area contributed by atoms with Gasteiger partial charge in [-0.15, -0.1) is 11.8 Å². The van der Waals surface area contributed by atoms with Crippen LogP contribution in [-0.2, 0) is 11.2 Å². The number of aromatic amines is 1. The molecule has 2 heterocycles. The first-order chi connectivity index (χ1) is 11.1. The second-order valence-corrected chi connectivity index (χ2v) is 7.68. The van der Waals surface area contributed by atoms with Crippen LogP contribution in [0.5, 0.6) is 0 Å². The number of hydrogen-bond donors (Lipinski definition) is 1. The number of H-pyrrole nitrogens is 1. The summed E-state index contributed by atoms with van der Waals surface area (Å²) in [6.07, 6.45) is 2.44. The molecule has 23 heavy (non-hydrogen) atoms. The summed E-state index contributed by atoms with van der Waals surface area (Å²) in [5.74, 6) is 0.173. The van der Waals surface area contributed by atoms with Crippen LogP contribution in [0.25, 0.3) is 0 Å². The first kappa shape index (κ1) is 16.4. The third-order valence-corrected chi connectivity index (χ3v) is 5.60. The topological polar surface area (TPSA) is 49.0 Å². The lowest BCUT2D eigenvalue weighted by molar-refractivity contribution is -0.131. The maximum atomic E-state index is 12.3. The summed E-state index contributed by atoms with van der Waals surface area (Å²) >= 11 is 7.80. The molecule has 1 aliphatic heterocycles. The number of nitrogens with zero attached hydrogens (tertiary/aromatic N) is 2. The van der Waals surface area contributed by atoms with Crippen LogP contribution in [0.4, 0.5) is 0 Å². The molecule has 0 spiro atoms. The van der Waals surface area contributed by atoms with Crippen LogP contribution in [0, 0.1) is 6.92 Å². The average Bonchev–Trinajstić information content (AvgIpc) is 2.95. The van der Waals surface area contributed by atoms with Crippen molar-refractivity contribution < 1.29 is 4.79 Å². The summed E-state index contributed by atoms with van der Waals surface area (Å²) in [4.78, 5) is 15.5. The molecule has 0 unspecified atom stereocenters. The number of nitrogens with one attached hydrogen (secondary N) is 1. The third-order valence-electron chi connectivity index (χ3n) is 4.00. The van der Waals surface area contributed by atoms with Gasteiger partial charge in [0, 0.05) is 34.0 Å². The van der Waals surface area contributed by atoms with Gasteiger partial charge in [-0.1, -0.05) is 11.6 Å². The van der Waals surface area contributed by atoms with E-state index in [9.17, 15) is 4.79 Å². The average molecular weight is 350 g/mol. The minimum atomic E-state index is 0.173. The van der Waals surface area contributed by atoms with Gasteiger partial charge in [-0.3, -0.25) is 9.89 Å². The molecule has 1 aromatic heterocycles. The van der Waals surface area contributed by atoms with Gasteiger partial charge in [0.25, 0.3) is 0 Å². The van der Waals surface area contributed by atoms with Crippen LogP contribution in [0.15, 0.2) is 35.2 Å². The number of carbonyl (C=O) groups excluding carboxylic acids is 1. The maximum Gasteiger partial charge on any atom is 0.228 e. The fraction of sp³-hybridized carbons (Fsp3) is 0.412. The lowest BCUT2D eigenvalue weighted by Crippen LogP contribution is -2.40. The minimum Gasteiger partial charge on any atom is -0.342 e. The number of thioether (sulfide) groups is 1. The van der Waals surface area contributed by atoms with Crippen LogP contribution < -0.4 is 0 Å². The van der Waals surface area contributed by atoms with Gasteiger partial charge in [-0.05, 0) is 50.1 Å². The van der Waals surface area contributed by atoms with Crippen LogP contribution in [0.1, 0.15) is 24.2 Å². The van der Waals surface area contributed by atoms with Crippen LogP contribution >= 0.6 is 23.4 Å². The highest BCUT2D eigenvalue weighted by molar-refractivity contribution is 8.00. The summed E-state index contributed by atoms with van der Waals surface area (Å²) in [6.45, 7) is 3.60. The molecule has 0 bridgehead atoms. The molecule has 6 heteroatoms. The Balaban J connectivity index is 1.48. The fourth-order valence-electron chi connectivity index (χ4n) is 2.76. The van der Waals surface area contributed by atoms with E-state index in [4.69, 9.17) is 11.6 Å². The van der Waals surface area contributed by atoms with E-state index in [1.54, 1.807) is 0 Å². The molecule has 1 N–H and O–H groups in total. The number of halogens is 1. The second kappa shape index (κ2) is 7.41. The third kappa shape index (κ3) is 4.52. The van der Waals surface area contributed by atoms with Gasteiger partial charge in [-0.2, -0.15) is 5.10 Å². The molecule has 1 aromatic carbocycles. The highest BCUT2D eigenvalue weighted by Gasteiger charge is 2.23. The lowest BCUT2D eigenvalue weighted by Gasteiger charge is -2.31. The van der Waals surface area contributed by atoms with Crippen molar-refractivity contribution in [3.8, 4) is 0 Å². The molecular formula is C17H20ClN3OS. The Bertz CT molecular complexity index is 663. The fourth-order valence-corrected chi connectivity index (χ4v) is 4.01. The number of aryl methyl sites for hydroxylation is 1. The number of benzene rings is 1. The van der Waals surface area contributed by atoms with Crippen molar-refractivity contribution in [1.29, 1.82) is 0 Å². The number of piperidine rings is 1. The SMILES string of the molecule is Cc1cc(CC(=O)N2CCC(Sc3ccc(Cl)cc3)CC2)n[nH]1. The first-order valence-corrected chi connectivity index (χ1v) is 9.07. The molecule has 1 amide bonds. The Morgan fingerprint density at radius 2 is 2.04 bits per heavy atom. The number of likely N-dealkylation sites (tertiary alicyclic amines) is 1. The molecule has 1 aliphatic rings. The molecule has 0 aliphatic carbocycles. The number of hydrogen-bond acceptors (Lipinski definition) is 3. The van der Waals surface area contributed by atoms with E-state index in [2.05, 4.69) is 22.3 Å². The van der Waals surface area contributed by atoms with Crippen molar-refractivity contribution in [1.82, 2.24) is 15.1 Å². The molecule has 4 nitrogen and oxygen atoms in total. The Labute approximate surface area is 145 Å². The van der Waals surface area contributed by atoms with E-state index < -0.39 is 0 Å². The zero-order chi connectivity index (χ0) is 16.2. The van der Waals surface area contributed by atoms with Gasteiger partial charge in [-0.25, -0.2) is 0 Å². The van der Waals surface area contributed by atoms with Gasteiger partial charge in [0.05, 0.1) is 12.1 Å². The summed E-state index contributed by atoms with van der Waals surface area (Å²) in [7, 11) is 0. The number of amides is 1. The summed E-state index contributed by atoms with van der Waals surface area (Å²) < 4.78 is 0. The van der Waals surface area contributed by atoms with Gasteiger partial charge >= 0.3 is 0 Å². The minimum absolute atomic E-state index is 0.173. The largest absolute Gasteiger partial charge is 0.342 e. The van der Waals surface area contributed by atoms with E-state index >= 15 is 0 Å². The first-order valence-electron chi connectivity index (χ1n) is 7.81. The molecule has 0 atom stereocenters. The normalized spacial score (nSPS) is 15.8. The van der Waals surface area contributed by atoms with Crippen molar-refractivity contribution in [2.24, 2.45) is 0 Å². The van der Waals surface area contributed by atoms with Crippen molar-refractivity contribution >= 4 is 29.3 Å². The van der Waals surface area contributed by atoms with E-state index in [0.717, 1.165) is 42.3 Å². The molecule has 1 saturated heterocycles. The van der Waals surface area contributed by atoms with E-state index in [1.165, 1.54) is 4.90 Å². The standard InChI is InChI=1S/C17H20ClN3OS/c1-12-10-14(20-19-12)11-17(22)21-8-6-16(7-9-21)23-15-4-2-13(18)3-5-15/h2-5,10,16H,6-9,11H2,1H3,(H,19,20). The summed E-state index contributed by atoms with van der Waals surface area (Å²) in [6, 6.07) is 9.90. The van der Waals surface area contributed by atoms with Crippen molar-refractivity contribution in [2.45, 2.75) is 36.3 Å². The van der Waals surface area contributed by atoms with Crippen molar-refractivity contribution in [3.63, 3.8) is 0 Å². The quantitative estimate of drug-likeness (QED) is 0.915. The Hall–Kier alpha value is -1.46. The second-order valence-electron chi connectivity index (χ2n) is 5.87. The maximum absolute atomic E-state index is 12.3. The highest BCUT2D eigenvalue weighted by atomic mass is 35.5. The van der Waals surface area contributed by atoms with E-state index in [-0.39, 0.29) is 5.91 Å². The Morgan fingerprint density at radius 3 is 2.65 bits per heavy atom. The summed E-state index contributed by atoms with van der Waals surface area (Å²) in [5.41, 5.74) is 1.82. The molecule has 122 valence electrons. The molecule has 3 rings (SSSR count). The van der Waals surface area contributed by atoms with Gasteiger partial charge < -0.3 is 4.90 Å². The highest BCUT2D eigenvalue weighted by Crippen LogP contribution is 2.31. The van der Waals surface area contributed by atoms with Gasteiger partial charge in [0.15, 0.2) is 0 Å². The molecule has 0 radical (unpaired) electrons. The zero-order valence-corrected chi connectivity index (χ0v) is 14.7. The zero-order valence-electron chi connectivity index (χ0n) is 13.1. The number of carbonyl (C=O) groups is 1. The monoisotopic (exact) mass is 349 g/mol. The van der Waals surface area contributed by atoms with Crippen molar-refractivity contribution in [2.75, 3.05) is 13.1 Å². The molecule has 1 fully saturated rings. The Kier molecular flexibility index (Phi) is 5.28. The van der Waals surface area contributed by atoms with Crippen molar-refractivity contribution in [3.05, 3.63) is 46.7 Å². The van der Waals surface area contributed by atoms with Crippen LogP contribution in [-0.4, -0.2) is 39.3 Å².